The van der Waals surface area contributed by atoms with Gasteiger partial charge in [0.15, 0.2) is 0 Å². The molecule has 0 unspecified atom stereocenters. The number of benzene rings is 1. The summed E-state index contributed by atoms with van der Waals surface area (Å²) in [5.74, 6) is 0. The smallest absolute Gasteiger partial charge is 0.210 e. The minimum atomic E-state index is 0.481. The summed E-state index contributed by atoms with van der Waals surface area (Å²) in [5, 5.41) is 2.52. The van der Waals surface area contributed by atoms with E-state index in [1.807, 2.05) is 30.3 Å². The van der Waals surface area contributed by atoms with Crippen LogP contribution in [0.25, 0.3) is 0 Å². The Hall–Kier alpha value is -1.84. The lowest BCUT2D eigenvalue weighted by Gasteiger charge is -2.16. The normalized spacial score (nSPS) is 9.33. The Morgan fingerprint density at radius 3 is 2.53 bits per heavy atom. The van der Waals surface area contributed by atoms with Crippen LogP contribution in [0.3, 0.4) is 0 Å². The number of nitrogens with one attached hydrogen (secondary N) is 1. The highest BCUT2D eigenvalue weighted by Crippen LogP contribution is 2.01. The molecule has 0 aliphatic heterocycles. The van der Waals surface area contributed by atoms with Gasteiger partial charge in [-0.05, 0) is 5.56 Å². The molecule has 0 aliphatic carbocycles. The summed E-state index contributed by atoms with van der Waals surface area (Å²) in [6, 6.07) is 9.72. The lowest BCUT2D eigenvalue weighted by molar-refractivity contribution is -0.119. The lowest BCUT2D eigenvalue weighted by atomic mass is 10.2. The molecule has 0 spiro atoms. The molecule has 15 heavy (non-hydrogen) atoms. The van der Waals surface area contributed by atoms with E-state index in [1.165, 1.54) is 0 Å². The maximum Gasteiger partial charge on any atom is 0.210 e. The summed E-state index contributed by atoms with van der Waals surface area (Å²) in [7, 11) is 0. The lowest BCUT2D eigenvalue weighted by Crippen LogP contribution is -2.30. The number of rotatable bonds is 7. The van der Waals surface area contributed by atoms with E-state index < -0.39 is 0 Å². The number of nitrogens with zero attached hydrogens (tertiary/aromatic N) is 1. The monoisotopic (exact) mass is 206 g/mol. The van der Waals surface area contributed by atoms with Crippen LogP contribution in [0.1, 0.15) is 5.56 Å². The van der Waals surface area contributed by atoms with E-state index in [0.717, 1.165) is 12.0 Å². The first-order chi connectivity index (χ1) is 7.36. The second-order valence-corrected chi connectivity index (χ2v) is 3.13. The maximum atomic E-state index is 10.7. The van der Waals surface area contributed by atoms with Crippen molar-refractivity contribution in [1.82, 2.24) is 10.2 Å². The average Bonchev–Trinajstić information content (AvgIpc) is 2.29. The largest absolute Gasteiger partial charge is 0.357 e. The summed E-state index contributed by atoms with van der Waals surface area (Å²) in [6.07, 6.45) is 1.42. The highest BCUT2D eigenvalue weighted by molar-refractivity contribution is 5.48. The first-order valence-electron chi connectivity index (χ1n) is 4.77. The molecule has 0 heterocycles. The van der Waals surface area contributed by atoms with E-state index in [1.54, 1.807) is 4.90 Å². The zero-order chi connectivity index (χ0) is 10.9. The van der Waals surface area contributed by atoms with Gasteiger partial charge in [-0.2, -0.15) is 0 Å². The molecule has 0 aromatic heterocycles. The van der Waals surface area contributed by atoms with Crippen molar-refractivity contribution in [3.05, 3.63) is 35.9 Å². The Kier molecular flexibility index (Phi) is 4.94. The van der Waals surface area contributed by atoms with Gasteiger partial charge in [0.1, 0.15) is 0 Å². The number of carbonyl (C=O) groups is 2. The fraction of sp³-hybridized carbons (Fsp3) is 0.273. The van der Waals surface area contributed by atoms with Gasteiger partial charge in [0.05, 0.1) is 0 Å². The minimum Gasteiger partial charge on any atom is -0.357 e. The zero-order valence-corrected chi connectivity index (χ0v) is 8.43. The number of hydrogen-bond donors (Lipinski definition) is 1. The Balaban J connectivity index is 2.40. The van der Waals surface area contributed by atoms with Crippen molar-refractivity contribution in [2.24, 2.45) is 0 Å². The van der Waals surface area contributed by atoms with Crippen molar-refractivity contribution in [1.29, 1.82) is 0 Å². The van der Waals surface area contributed by atoms with Crippen molar-refractivity contribution in [2.45, 2.75) is 6.54 Å². The highest BCUT2D eigenvalue weighted by atomic mass is 16.1. The second-order valence-electron chi connectivity index (χ2n) is 3.13. The molecule has 1 rings (SSSR count). The molecule has 4 heteroatoms. The molecule has 0 bridgehead atoms. The van der Waals surface area contributed by atoms with Crippen LogP contribution < -0.4 is 5.32 Å². The van der Waals surface area contributed by atoms with Crippen LogP contribution in [-0.2, 0) is 16.1 Å². The Morgan fingerprint density at radius 2 is 1.93 bits per heavy atom. The topological polar surface area (TPSA) is 49.4 Å². The predicted molar refractivity (Wildman–Crippen MR) is 57.0 cm³/mol. The van der Waals surface area contributed by atoms with Crippen LogP contribution in [-0.4, -0.2) is 30.8 Å². The molecule has 1 aromatic carbocycles. The molecule has 0 saturated carbocycles. The average molecular weight is 206 g/mol. The van der Waals surface area contributed by atoms with Gasteiger partial charge in [-0.25, -0.2) is 0 Å². The molecule has 1 aromatic rings. The van der Waals surface area contributed by atoms with Gasteiger partial charge >= 0.3 is 0 Å². The third kappa shape index (κ3) is 4.26. The van der Waals surface area contributed by atoms with E-state index in [0.29, 0.717) is 26.0 Å². The van der Waals surface area contributed by atoms with E-state index >= 15 is 0 Å². The Morgan fingerprint density at radius 1 is 1.20 bits per heavy atom. The molecule has 0 radical (unpaired) electrons. The van der Waals surface area contributed by atoms with Crippen molar-refractivity contribution < 1.29 is 9.59 Å². The molecule has 1 N–H and O–H groups in total. The maximum absolute atomic E-state index is 10.7. The van der Waals surface area contributed by atoms with E-state index in [2.05, 4.69) is 5.32 Å². The van der Waals surface area contributed by atoms with E-state index in [-0.39, 0.29) is 0 Å². The molecule has 0 aliphatic rings. The standard InChI is InChI=1S/C11H14N2O2/c14-9-12-6-7-13(10-15)8-11-4-2-1-3-5-11/h1-5,9-10H,6-8H2,(H,12,14). The van der Waals surface area contributed by atoms with Gasteiger partial charge in [-0.1, -0.05) is 30.3 Å². The third-order valence-electron chi connectivity index (χ3n) is 2.00. The SMILES string of the molecule is O=CNCCN(C=O)Cc1ccccc1. The zero-order valence-electron chi connectivity index (χ0n) is 8.43. The highest BCUT2D eigenvalue weighted by Gasteiger charge is 2.01. The van der Waals surface area contributed by atoms with Gasteiger partial charge in [-0.3, -0.25) is 9.59 Å². The molecule has 4 nitrogen and oxygen atoms in total. The molecular formula is C11H14N2O2. The summed E-state index contributed by atoms with van der Waals surface area (Å²) in [5.41, 5.74) is 1.08. The fourth-order valence-electron chi connectivity index (χ4n) is 1.25. The van der Waals surface area contributed by atoms with Crippen molar-refractivity contribution >= 4 is 12.8 Å². The summed E-state index contributed by atoms with van der Waals surface area (Å²) >= 11 is 0. The van der Waals surface area contributed by atoms with Crippen LogP contribution in [0, 0.1) is 0 Å². The molecule has 2 amide bonds. The van der Waals surface area contributed by atoms with Gasteiger partial charge in [-0.15, -0.1) is 0 Å². The number of carbonyl (C=O) groups excluding carboxylic acids is 2. The number of amides is 2. The Labute approximate surface area is 88.9 Å². The van der Waals surface area contributed by atoms with Crippen LogP contribution in [0.4, 0.5) is 0 Å². The summed E-state index contributed by atoms with van der Waals surface area (Å²) in [4.78, 5) is 22.3. The second kappa shape index (κ2) is 6.59. The van der Waals surface area contributed by atoms with Gasteiger partial charge in [0.2, 0.25) is 12.8 Å². The molecule has 0 atom stereocenters. The van der Waals surface area contributed by atoms with Crippen LogP contribution in [0.2, 0.25) is 0 Å². The van der Waals surface area contributed by atoms with Crippen LogP contribution >= 0.6 is 0 Å². The van der Waals surface area contributed by atoms with Crippen molar-refractivity contribution in [3.8, 4) is 0 Å². The van der Waals surface area contributed by atoms with Crippen LogP contribution in [0.15, 0.2) is 30.3 Å². The van der Waals surface area contributed by atoms with Crippen LogP contribution in [0.5, 0.6) is 0 Å². The van der Waals surface area contributed by atoms with Gasteiger partial charge in [0.25, 0.3) is 0 Å². The summed E-state index contributed by atoms with van der Waals surface area (Å²) in [6.45, 7) is 1.58. The predicted octanol–water partition coefficient (Wildman–Crippen LogP) is 0.391. The summed E-state index contributed by atoms with van der Waals surface area (Å²) < 4.78 is 0. The Bertz CT molecular complexity index is 301. The first kappa shape index (κ1) is 11.2. The van der Waals surface area contributed by atoms with Crippen molar-refractivity contribution in [3.63, 3.8) is 0 Å². The number of hydrogen-bond acceptors (Lipinski definition) is 2. The molecule has 0 saturated heterocycles. The van der Waals surface area contributed by atoms with Crippen molar-refractivity contribution in [2.75, 3.05) is 13.1 Å². The fourth-order valence-corrected chi connectivity index (χ4v) is 1.25. The third-order valence-corrected chi connectivity index (χ3v) is 2.00. The minimum absolute atomic E-state index is 0.481. The molecular weight excluding hydrogens is 192 g/mol. The van der Waals surface area contributed by atoms with E-state index in [9.17, 15) is 9.59 Å². The molecule has 80 valence electrons. The van der Waals surface area contributed by atoms with Gasteiger partial charge < -0.3 is 10.2 Å². The van der Waals surface area contributed by atoms with Gasteiger partial charge in [0, 0.05) is 19.6 Å². The first-order valence-corrected chi connectivity index (χ1v) is 4.77. The molecule has 0 fully saturated rings. The quantitative estimate of drug-likeness (QED) is 0.518. The van der Waals surface area contributed by atoms with E-state index in [4.69, 9.17) is 0 Å².